The van der Waals surface area contributed by atoms with Crippen LogP contribution in [0.4, 0.5) is 0 Å². The molecule has 0 bridgehead atoms. The van der Waals surface area contributed by atoms with Gasteiger partial charge < -0.3 is 10.0 Å². The Morgan fingerprint density at radius 3 is 2.64 bits per heavy atom. The molecular formula is C11H19NO2. The zero-order valence-corrected chi connectivity index (χ0v) is 8.78. The zero-order valence-electron chi connectivity index (χ0n) is 8.78. The largest absolute Gasteiger partial charge is 0.481 e. The van der Waals surface area contributed by atoms with E-state index in [4.69, 9.17) is 5.11 Å². The second kappa shape index (κ2) is 3.89. The van der Waals surface area contributed by atoms with Crippen LogP contribution in [0.1, 0.15) is 32.1 Å². The van der Waals surface area contributed by atoms with Crippen LogP contribution in [0.5, 0.6) is 0 Å². The third-order valence-corrected chi connectivity index (χ3v) is 3.75. The summed E-state index contributed by atoms with van der Waals surface area (Å²) in [5.41, 5.74) is 0. The fourth-order valence-corrected chi connectivity index (χ4v) is 2.27. The van der Waals surface area contributed by atoms with Crippen molar-refractivity contribution in [3.8, 4) is 0 Å². The number of hydrogen-bond donors (Lipinski definition) is 1. The third-order valence-electron chi connectivity index (χ3n) is 3.75. The topological polar surface area (TPSA) is 40.5 Å². The highest BCUT2D eigenvalue weighted by atomic mass is 16.4. The van der Waals surface area contributed by atoms with Crippen molar-refractivity contribution in [2.24, 2.45) is 11.8 Å². The van der Waals surface area contributed by atoms with Gasteiger partial charge in [-0.1, -0.05) is 19.3 Å². The molecule has 14 heavy (non-hydrogen) atoms. The zero-order chi connectivity index (χ0) is 10.1. The minimum absolute atomic E-state index is 0.0820. The van der Waals surface area contributed by atoms with E-state index in [1.807, 2.05) is 0 Å². The number of aliphatic carboxylic acids is 1. The molecule has 3 heteroatoms. The van der Waals surface area contributed by atoms with E-state index in [2.05, 4.69) is 11.9 Å². The highest BCUT2D eigenvalue weighted by Gasteiger charge is 2.45. The minimum Gasteiger partial charge on any atom is -0.481 e. The second-order valence-corrected chi connectivity index (χ2v) is 4.81. The molecule has 3 nitrogen and oxygen atoms in total. The van der Waals surface area contributed by atoms with Crippen LogP contribution >= 0.6 is 0 Å². The number of rotatable bonds is 5. The number of nitrogens with zero attached hydrogens (tertiary/aromatic N) is 1. The summed E-state index contributed by atoms with van der Waals surface area (Å²) in [7, 11) is 2.06. The van der Waals surface area contributed by atoms with Crippen LogP contribution in [-0.2, 0) is 4.79 Å². The smallest absolute Gasteiger partial charge is 0.308 e. The summed E-state index contributed by atoms with van der Waals surface area (Å²) in [5.74, 6) is 0.228. The highest BCUT2D eigenvalue weighted by molar-refractivity contribution is 5.74. The molecule has 0 aromatic heterocycles. The van der Waals surface area contributed by atoms with Gasteiger partial charge in [0.15, 0.2) is 0 Å². The predicted molar refractivity (Wildman–Crippen MR) is 54.1 cm³/mol. The summed E-state index contributed by atoms with van der Waals surface area (Å²) in [5, 5.41) is 8.78. The van der Waals surface area contributed by atoms with Gasteiger partial charge in [0.2, 0.25) is 0 Å². The van der Waals surface area contributed by atoms with Gasteiger partial charge >= 0.3 is 5.97 Å². The van der Waals surface area contributed by atoms with Gasteiger partial charge in [-0.25, -0.2) is 0 Å². The molecular weight excluding hydrogens is 178 g/mol. The van der Waals surface area contributed by atoms with Crippen molar-refractivity contribution in [3.05, 3.63) is 0 Å². The van der Waals surface area contributed by atoms with Crippen molar-refractivity contribution in [1.82, 2.24) is 4.90 Å². The van der Waals surface area contributed by atoms with Crippen molar-refractivity contribution in [2.45, 2.75) is 38.1 Å². The molecule has 0 aromatic carbocycles. The molecule has 0 aromatic rings. The molecule has 0 radical (unpaired) electrons. The molecule has 0 heterocycles. The van der Waals surface area contributed by atoms with Crippen molar-refractivity contribution in [2.75, 3.05) is 13.6 Å². The Bertz CT molecular complexity index is 225. The number of carbonyl (C=O) groups is 1. The van der Waals surface area contributed by atoms with Crippen LogP contribution in [0, 0.1) is 11.8 Å². The van der Waals surface area contributed by atoms with E-state index in [9.17, 15) is 4.79 Å². The van der Waals surface area contributed by atoms with E-state index < -0.39 is 5.97 Å². The number of carboxylic acids is 1. The van der Waals surface area contributed by atoms with E-state index >= 15 is 0 Å². The molecule has 2 fully saturated rings. The first-order valence-electron chi connectivity index (χ1n) is 5.61. The van der Waals surface area contributed by atoms with Crippen LogP contribution in [0.3, 0.4) is 0 Å². The van der Waals surface area contributed by atoms with Gasteiger partial charge in [0.05, 0.1) is 5.92 Å². The Balaban J connectivity index is 1.64. The van der Waals surface area contributed by atoms with Gasteiger partial charge in [-0.15, -0.1) is 0 Å². The van der Waals surface area contributed by atoms with Gasteiger partial charge in [-0.05, 0) is 32.4 Å². The van der Waals surface area contributed by atoms with Crippen LogP contribution < -0.4 is 0 Å². The van der Waals surface area contributed by atoms with Gasteiger partial charge in [0.25, 0.3) is 0 Å². The third kappa shape index (κ3) is 2.08. The van der Waals surface area contributed by atoms with Gasteiger partial charge in [-0.3, -0.25) is 4.79 Å². The van der Waals surface area contributed by atoms with Gasteiger partial charge in [0, 0.05) is 6.04 Å². The fraction of sp³-hybridized carbons (Fsp3) is 0.909. The summed E-state index contributed by atoms with van der Waals surface area (Å²) >= 11 is 0. The van der Waals surface area contributed by atoms with E-state index in [1.54, 1.807) is 0 Å². The molecule has 1 N–H and O–H groups in total. The molecule has 0 aliphatic heterocycles. The van der Waals surface area contributed by atoms with Crippen LogP contribution in [0.25, 0.3) is 0 Å². The first kappa shape index (κ1) is 9.97. The molecule has 2 aliphatic carbocycles. The van der Waals surface area contributed by atoms with Gasteiger partial charge in [0.1, 0.15) is 0 Å². The van der Waals surface area contributed by atoms with E-state index in [-0.39, 0.29) is 5.92 Å². The normalized spacial score (nSPS) is 31.6. The van der Waals surface area contributed by atoms with E-state index in [0.29, 0.717) is 6.04 Å². The SMILES string of the molecule is CN(CCC1CCC1)C1CC1C(=O)O. The van der Waals surface area contributed by atoms with Crippen molar-refractivity contribution < 1.29 is 9.90 Å². The molecule has 80 valence electrons. The van der Waals surface area contributed by atoms with Crippen LogP contribution in [0.2, 0.25) is 0 Å². The maximum atomic E-state index is 10.7. The summed E-state index contributed by atoms with van der Waals surface area (Å²) < 4.78 is 0. The summed E-state index contributed by atoms with van der Waals surface area (Å²) in [6.07, 6.45) is 6.30. The molecule has 0 amide bonds. The average molecular weight is 197 g/mol. The lowest BCUT2D eigenvalue weighted by molar-refractivity contribution is -0.138. The Labute approximate surface area is 85.1 Å². The summed E-state index contributed by atoms with van der Waals surface area (Å²) in [4.78, 5) is 12.9. The number of carboxylic acid groups (broad SMARTS) is 1. The fourth-order valence-electron chi connectivity index (χ4n) is 2.27. The molecule has 2 rings (SSSR count). The Hall–Kier alpha value is -0.570. The van der Waals surface area contributed by atoms with Crippen molar-refractivity contribution in [1.29, 1.82) is 0 Å². The second-order valence-electron chi connectivity index (χ2n) is 4.81. The van der Waals surface area contributed by atoms with E-state index in [0.717, 1.165) is 18.9 Å². The number of hydrogen-bond acceptors (Lipinski definition) is 2. The molecule has 0 saturated heterocycles. The van der Waals surface area contributed by atoms with Gasteiger partial charge in [-0.2, -0.15) is 0 Å². The van der Waals surface area contributed by atoms with Crippen molar-refractivity contribution >= 4 is 5.97 Å². The lowest BCUT2D eigenvalue weighted by Gasteiger charge is -2.27. The summed E-state index contributed by atoms with van der Waals surface area (Å²) in [6.45, 7) is 1.08. The Morgan fingerprint density at radius 2 is 2.21 bits per heavy atom. The Morgan fingerprint density at radius 1 is 1.50 bits per heavy atom. The van der Waals surface area contributed by atoms with Crippen LogP contribution in [0.15, 0.2) is 0 Å². The minimum atomic E-state index is -0.620. The molecule has 2 aliphatic rings. The lowest BCUT2D eigenvalue weighted by atomic mass is 9.83. The molecule has 0 spiro atoms. The maximum Gasteiger partial charge on any atom is 0.308 e. The molecule has 2 saturated carbocycles. The summed E-state index contributed by atoms with van der Waals surface area (Å²) in [6, 6.07) is 0.326. The van der Waals surface area contributed by atoms with Crippen LogP contribution in [-0.4, -0.2) is 35.6 Å². The standard InChI is InChI=1S/C11H19NO2/c1-12(6-5-8-3-2-4-8)10-7-9(10)11(13)14/h8-10H,2-7H2,1H3,(H,13,14). The quantitative estimate of drug-likeness (QED) is 0.727. The maximum absolute atomic E-state index is 10.7. The first-order valence-corrected chi connectivity index (χ1v) is 5.61. The monoisotopic (exact) mass is 197 g/mol. The molecule has 2 atom stereocenters. The van der Waals surface area contributed by atoms with E-state index in [1.165, 1.54) is 25.7 Å². The average Bonchev–Trinajstić information content (AvgIpc) is 2.79. The highest BCUT2D eigenvalue weighted by Crippen LogP contribution is 2.36. The lowest BCUT2D eigenvalue weighted by Crippen LogP contribution is -2.27. The van der Waals surface area contributed by atoms with Crippen molar-refractivity contribution in [3.63, 3.8) is 0 Å². The first-order chi connectivity index (χ1) is 6.68. The molecule has 2 unspecified atom stereocenters. The predicted octanol–water partition coefficient (Wildman–Crippen LogP) is 1.58. The Kier molecular flexibility index (Phi) is 2.77.